The number of anilines is 4. The molecule has 0 aliphatic heterocycles. The Kier molecular flexibility index (Phi) is 6.48. The van der Waals surface area contributed by atoms with Crippen LogP contribution in [-0.2, 0) is 12.4 Å². The zero-order chi connectivity index (χ0) is 27.8. The minimum absolute atomic E-state index is 0.142. The predicted molar refractivity (Wildman–Crippen MR) is 122 cm³/mol. The molecule has 16 heteroatoms. The number of benzene rings is 3. The highest BCUT2D eigenvalue weighted by Gasteiger charge is 2.32. The van der Waals surface area contributed by atoms with Gasteiger partial charge < -0.3 is 10.6 Å². The van der Waals surface area contributed by atoms with E-state index in [1.807, 2.05) is 0 Å². The number of nitrogens with zero attached hydrogens (tertiary/aromatic N) is 4. The third-order valence-electron chi connectivity index (χ3n) is 5.06. The van der Waals surface area contributed by atoms with E-state index in [2.05, 4.69) is 20.6 Å². The zero-order valence-electron chi connectivity index (χ0n) is 18.5. The molecule has 4 aromatic rings. The summed E-state index contributed by atoms with van der Waals surface area (Å²) in [4.78, 5) is 28.8. The molecule has 0 radical (unpaired) electrons. The van der Waals surface area contributed by atoms with Crippen molar-refractivity contribution in [3.8, 4) is 0 Å². The standard InChI is InChI=1S/C22H12F6N6O4/c23-21(24,25)11-3-1-5-13(7-11)29-19-20(30-14-6-2-4-12(8-14)22(26,27)28)32-16-10-18(34(37)38)17(33(35)36)9-15(16)31-19/h1-10H,(H,29,31)(H,30,32). The van der Waals surface area contributed by atoms with Crippen LogP contribution in [0.2, 0.25) is 0 Å². The molecular weight excluding hydrogens is 526 g/mol. The van der Waals surface area contributed by atoms with Gasteiger partial charge in [0, 0.05) is 11.4 Å². The van der Waals surface area contributed by atoms with Crippen LogP contribution in [0.15, 0.2) is 60.7 Å². The van der Waals surface area contributed by atoms with Gasteiger partial charge in [-0.1, -0.05) is 12.1 Å². The van der Waals surface area contributed by atoms with Crippen molar-refractivity contribution in [2.24, 2.45) is 0 Å². The number of hydrogen-bond donors (Lipinski definition) is 2. The van der Waals surface area contributed by atoms with Crippen molar-refractivity contribution in [3.05, 3.63) is 92.0 Å². The highest BCUT2D eigenvalue weighted by atomic mass is 19.4. The second kappa shape index (κ2) is 9.45. The molecule has 196 valence electrons. The smallest absolute Gasteiger partial charge is 0.337 e. The lowest BCUT2D eigenvalue weighted by atomic mass is 10.2. The molecule has 0 aliphatic rings. The number of fused-ring (bicyclic) bond motifs is 1. The first-order chi connectivity index (χ1) is 17.7. The van der Waals surface area contributed by atoms with Crippen molar-refractivity contribution in [3.63, 3.8) is 0 Å². The third kappa shape index (κ3) is 5.53. The lowest BCUT2D eigenvalue weighted by Gasteiger charge is -2.15. The monoisotopic (exact) mass is 538 g/mol. The summed E-state index contributed by atoms with van der Waals surface area (Å²) in [5.41, 5.74) is -4.64. The average Bonchev–Trinajstić information content (AvgIpc) is 2.83. The Morgan fingerprint density at radius 1 is 0.632 bits per heavy atom. The van der Waals surface area contributed by atoms with E-state index in [0.29, 0.717) is 0 Å². The van der Waals surface area contributed by atoms with Crippen LogP contribution in [0, 0.1) is 20.2 Å². The fourth-order valence-electron chi connectivity index (χ4n) is 3.37. The normalized spacial score (nSPS) is 11.8. The van der Waals surface area contributed by atoms with Gasteiger partial charge in [-0.05, 0) is 36.4 Å². The largest absolute Gasteiger partial charge is 0.416 e. The Labute approximate surface area is 207 Å². The molecule has 0 saturated heterocycles. The third-order valence-corrected chi connectivity index (χ3v) is 5.06. The second-order valence-electron chi connectivity index (χ2n) is 7.67. The van der Waals surface area contributed by atoms with Gasteiger partial charge in [0.1, 0.15) is 0 Å². The highest BCUT2D eigenvalue weighted by Crippen LogP contribution is 2.36. The summed E-state index contributed by atoms with van der Waals surface area (Å²) in [5, 5.41) is 27.8. The molecule has 0 amide bonds. The molecule has 0 fully saturated rings. The molecule has 3 aromatic carbocycles. The molecule has 0 aliphatic carbocycles. The number of alkyl halides is 6. The summed E-state index contributed by atoms with van der Waals surface area (Å²) >= 11 is 0. The van der Waals surface area contributed by atoms with E-state index in [1.54, 1.807) is 0 Å². The molecule has 0 atom stereocenters. The summed E-state index contributed by atoms with van der Waals surface area (Å²) in [6, 6.07) is 9.26. The van der Waals surface area contributed by atoms with Crippen molar-refractivity contribution in [2.75, 3.05) is 10.6 Å². The van der Waals surface area contributed by atoms with Gasteiger partial charge in [0.25, 0.3) is 0 Å². The Bertz CT molecular complexity index is 1460. The molecular formula is C22H12F6N6O4. The Balaban J connectivity index is 1.88. The van der Waals surface area contributed by atoms with Crippen LogP contribution in [0.4, 0.5) is 60.7 Å². The lowest BCUT2D eigenvalue weighted by Crippen LogP contribution is -2.08. The Hall–Kier alpha value is -5.02. The molecule has 0 bridgehead atoms. The van der Waals surface area contributed by atoms with Gasteiger partial charge in [0.2, 0.25) is 0 Å². The number of hydrogen-bond acceptors (Lipinski definition) is 8. The van der Waals surface area contributed by atoms with Crippen molar-refractivity contribution in [1.29, 1.82) is 0 Å². The van der Waals surface area contributed by atoms with Gasteiger partial charge in [-0.3, -0.25) is 20.2 Å². The van der Waals surface area contributed by atoms with E-state index in [4.69, 9.17) is 0 Å². The van der Waals surface area contributed by atoms with E-state index in [1.165, 1.54) is 12.1 Å². The Morgan fingerprint density at radius 3 is 1.32 bits per heavy atom. The molecule has 1 aromatic heterocycles. The molecule has 38 heavy (non-hydrogen) atoms. The van der Waals surface area contributed by atoms with E-state index in [-0.39, 0.29) is 34.0 Å². The van der Waals surface area contributed by atoms with Gasteiger partial charge in [0.05, 0.1) is 44.1 Å². The molecule has 2 N–H and O–H groups in total. The summed E-state index contributed by atoms with van der Waals surface area (Å²) in [7, 11) is 0. The van der Waals surface area contributed by atoms with Gasteiger partial charge in [-0.2, -0.15) is 26.3 Å². The van der Waals surface area contributed by atoms with Gasteiger partial charge in [0.15, 0.2) is 11.6 Å². The maximum atomic E-state index is 13.2. The average molecular weight is 538 g/mol. The van der Waals surface area contributed by atoms with E-state index in [0.717, 1.165) is 48.5 Å². The zero-order valence-corrected chi connectivity index (χ0v) is 18.5. The summed E-state index contributed by atoms with van der Waals surface area (Å²) in [5.74, 6) is -0.644. The summed E-state index contributed by atoms with van der Waals surface area (Å²) < 4.78 is 79.0. The van der Waals surface area contributed by atoms with Crippen LogP contribution in [0.1, 0.15) is 11.1 Å². The van der Waals surface area contributed by atoms with Gasteiger partial charge in [-0.25, -0.2) is 9.97 Å². The summed E-state index contributed by atoms with van der Waals surface area (Å²) in [6.45, 7) is 0. The maximum Gasteiger partial charge on any atom is 0.416 e. The number of halogens is 6. The van der Waals surface area contributed by atoms with Crippen molar-refractivity contribution < 1.29 is 36.2 Å². The lowest BCUT2D eigenvalue weighted by molar-refractivity contribution is -0.422. The minimum atomic E-state index is -4.69. The molecule has 1 heterocycles. The van der Waals surface area contributed by atoms with E-state index >= 15 is 0 Å². The predicted octanol–water partition coefficient (Wildman–Crippen LogP) is 6.97. The van der Waals surface area contributed by atoms with Crippen LogP contribution in [0.25, 0.3) is 11.0 Å². The fourth-order valence-corrected chi connectivity index (χ4v) is 3.37. The number of aromatic nitrogens is 2. The van der Waals surface area contributed by atoms with E-state index < -0.39 is 44.7 Å². The number of nitrogens with one attached hydrogen (secondary N) is 2. The molecule has 0 unspecified atom stereocenters. The van der Waals surface area contributed by atoms with E-state index in [9.17, 15) is 46.6 Å². The van der Waals surface area contributed by atoms with Gasteiger partial charge >= 0.3 is 23.7 Å². The first kappa shape index (κ1) is 26.1. The van der Waals surface area contributed by atoms with Crippen LogP contribution >= 0.6 is 0 Å². The quantitative estimate of drug-likeness (QED) is 0.153. The minimum Gasteiger partial charge on any atom is -0.337 e. The number of nitro groups is 2. The molecule has 10 nitrogen and oxygen atoms in total. The van der Waals surface area contributed by atoms with Crippen LogP contribution in [0.3, 0.4) is 0 Å². The summed E-state index contributed by atoms with van der Waals surface area (Å²) in [6.07, 6.45) is -9.38. The topological polar surface area (TPSA) is 136 Å². The Morgan fingerprint density at radius 2 is 1.00 bits per heavy atom. The van der Waals surface area contributed by atoms with Crippen molar-refractivity contribution in [2.45, 2.75) is 12.4 Å². The molecule has 0 saturated carbocycles. The van der Waals surface area contributed by atoms with Crippen LogP contribution in [-0.4, -0.2) is 19.8 Å². The van der Waals surface area contributed by atoms with Crippen molar-refractivity contribution >= 4 is 45.4 Å². The van der Waals surface area contributed by atoms with Crippen LogP contribution in [0.5, 0.6) is 0 Å². The van der Waals surface area contributed by atoms with Crippen LogP contribution < -0.4 is 10.6 Å². The molecule has 0 spiro atoms. The number of nitro benzene ring substituents is 2. The van der Waals surface area contributed by atoms with Gasteiger partial charge in [-0.15, -0.1) is 0 Å². The first-order valence-corrected chi connectivity index (χ1v) is 10.3. The highest BCUT2D eigenvalue weighted by molar-refractivity contribution is 5.87. The SMILES string of the molecule is O=[N+]([O-])c1cc2nc(Nc3cccc(C(F)(F)F)c3)c(Nc3cccc(C(F)(F)F)c3)nc2cc1[N+](=O)[O-]. The maximum absolute atomic E-state index is 13.2. The number of rotatable bonds is 6. The van der Waals surface area contributed by atoms with Crippen molar-refractivity contribution in [1.82, 2.24) is 9.97 Å². The molecule has 4 rings (SSSR count). The fraction of sp³-hybridized carbons (Fsp3) is 0.0909. The first-order valence-electron chi connectivity index (χ1n) is 10.3. The second-order valence-corrected chi connectivity index (χ2v) is 7.67.